The fourth-order valence-electron chi connectivity index (χ4n) is 1.61. The molecule has 0 aliphatic heterocycles. The van der Waals surface area contributed by atoms with Gasteiger partial charge in [-0.3, -0.25) is 10.2 Å². The minimum absolute atomic E-state index is 0. The van der Waals surface area contributed by atoms with Crippen molar-refractivity contribution >= 4 is 29.9 Å². The molecule has 1 aromatic carbocycles. The molecule has 0 aromatic heterocycles. The number of rotatable bonds is 5. The van der Waals surface area contributed by atoms with Crippen LogP contribution in [0.25, 0.3) is 0 Å². The molecule has 8 heteroatoms. The lowest BCUT2D eigenvalue weighted by molar-refractivity contribution is -0.122. The van der Waals surface area contributed by atoms with Gasteiger partial charge in [0.25, 0.3) is 0 Å². The van der Waals surface area contributed by atoms with Gasteiger partial charge in [-0.05, 0) is 30.5 Å². The third-order valence-corrected chi connectivity index (χ3v) is 2.76. The maximum atomic E-state index is 13.1. The Balaban J connectivity index is 0.00000324. The van der Waals surface area contributed by atoms with Crippen molar-refractivity contribution in [3.63, 3.8) is 0 Å². The van der Waals surface area contributed by atoms with E-state index in [2.05, 4.69) is 0 Å². The van der Waals surface area contributed by atoms with Crippen molar-refractivity contribution in [2.24, 2.45) is 5.84 Å². The smallest absolute Gasteiger partial charge is 0.241 e. The van der Waals surface area contributed by atoms with Crippen LogP contribution >= 0.6 is 24.0 Å². The standard InChI is InChI=1S/C11H12ClF3N2O.ClH/c12-3-1-2-7(11(18)17-16)6-4-8(13)10(15)9(14)5-6;/h4-5,7H,1-3,16H2,(H,17,18);1H. The second-order valence-electron chi connectivity index (χ2n) is 3.69. The van der Waals surface area contributed by atoms with Crippen LogP contribution < -0.4 is 11.3 Å². The largest absolute Gasteiger partial charge is 0.294 e. The highest BCUT2D eigenvalue weighted by molar-refractivity contribution is 6.17. The van der Waals surface area contributed by atoms with Crippen molar-refractivity contribution in [2.75, 3.05) is 5.88 Å². The molecule has 0 spiro atoms. The molecule has 3 N–H and O–H groups in total. The van der Waals surface area contributed by atoms with Crippen molar-refractivity contribution < 1.29 is 18.0 Å². The van der Waals surface area contributed by atoms with Gasteiger partial charge in [0.2, 0.25) is 5.91 Å². The van der Waals surface area contributed by atoms with Gasteiger partial charge in [-0.1, -0.05) is 0 Å². The topological polar surface area (TPSA) is 55.1 Å². The summed E-state index contributed by atoms with van der Waals surface area (Å²) in [6.07, 6.45) is 0.720. The number of nitrogens with two attached hydrogens (primary N) is 1. The summed E-state index contributed by atoms with van der Waals surface area (Å²) in [4.78, 5) is 11.5. The van der Waals surface area contributed by atoms with Crippen molar-refractivity contribution in [2.45, 2.75) is 18.8 Å². The molecule has 1 unspecified atom stereocenters. The van der Waals surface area contributed by atoms with E-state index in [1.807, 2.05) is 5.43 Å². The van der Waals surface area contributed by atoms with Gasteiger partial charge in [-0.25, -0.2) is 19.0 Å². The lowest BCUT2D eigenvalue weighted by Gasteiger charge is -2.15. The zero-order valence-electron chi connectivity index (χ0n) is 9.76. The first kappa shape index (κ1) is 18.0. The fraction of sp³-hybridized carbons (Fsp3) is 0.364. The number of benzene rings is 1. The fourth-order valence-corrected chi connectivity index (χ4v) is 1.76. The normalized spacial score (nSPS) is 11.6. The first-order valence-electron chi connectivity index (χ1n) is 5.22. The highest BCUT2D eigenvalue weighted by Gasteiger charge is 2.22. The highest BCUT2D eigenvalue weighted by atomic mass is 35.5. The molecule has 1 rings (SSSR count). The predicted octanol–water partition coefficient (Wildman–Crippen LogP) is 2.62. The second-order valence-corrected chi connectivity index (χ2v) is 4.07. The van der Waals surface area contributed by atoms with Crippen molar-refractivity contribution in [1.29, 1.82) is 0 Å². The van der Waals surface area contributed by atoms with Crippen molar-refractivity contribution in [1.82, 2.24) is 5.43 Å². The van der Waals surface area contributed by atoms with Crippen LogP contribution in [-0.2, 0) is 4.79 Å². The zero-order valence-corrected chi connectivity index (χ0v) is 11.3. The lowest BCUT2D eigenvalue weighted by atomic mass is 9.93. The summed E-state index contributed by atoms with van der Waals surface area (Å²) < 4.78 is 39.0. The second kappa shape index (κ2) is 8.24. The van der Waals surface area contributed by atoms with E-state index in [0.717, 1.165) is 12.1 Å². The molecule has 1 amide bonds. The van der Waals surface area contributed by atoms with E-state index in [0.29, 0.717) is 12.3 Å². The number of carbonyl (C=O) groups is 1. The lowest BCUT2D eigenvalue weighted by Crippen LogP contribution is -2.35. The molecule has 0 fully saturated rings. The first-order valence-corrected chi connectivity index (χ1v) is 5.75. The first-order chi connectivity index (χ1) is 8.51. The van der Waals surface area contributed by atoms with Crippen LogP contribution in [-0.4, -0.2) is 11.8 Å². The Hall–Kier alpha value is -0.980. The molecular weight excluding hydrogens is 304 g/mol. The molecule has 0 heterocycles. The Labute approximate surface area is 119 Å². The van der Waals surface area contributed by atoms with Gasteiger partial charge >= 0.3 is 0 Å². The minimum Gasteiger partial charge on any atom is -0.294 e. The Morgan fingerprint density at radius 3 is 2.26 bits per heavy atom. The third-order valence-electron chi connectivity index (χ3n) is 2.49. The zero-order chi connectivity index (χ0) is 13.7. The number of hydrazine groups is 1. The van der Waals surface area contributed by atoms with Crippen LogP contribution in [0.1, 0.15) is 24.3 Å². The van der Waals surface area contributed by atoms with Crippen LogP contribution in [0.2, 0.25) is 0 Å². The molecular formula is C11H13Cl2F3N2O. The SMILES string of the molecule is Cl.NNC(=O)C(CCCCl)c1cc(F)c(F)c(F)c1. The van der Waals surface area contributed by atoms with Crippen LogP contribution in [0, 0.1) is 17.5 Å². The molecule has 19 heavy (non-hydrogen) atoms. The number of hydrogen-bond acceptors (Lipinski definition) is 2. The summed E-state index contributed by atoms with van der Waals surface area (Å²) in [5.41, 5.74) is 1.93. The van der Waals surface area contributed by atoms with Crippen molar-refractivity contribution in [3.8, 4) is 0 Å². The molecule has 1 atom stereocenters. The van der Waals surface area contributed by atoms with E-state index in [4.69, 9.17) is 17.4 Å². The van der Waals surface area contributed by atoms with Crippen LogP contribution in [0.3, 0.4) is 0 Å². The Bertz CT molecular complexity index is 423. The summed E-state index contributed by atoms with van der Waals surface area (Å²) in [6.45, 7) is 0. The van der Waals surface area contributed by atoms with Gasteiger partial charge < -0.3 is 0 Å². The summed E-state index contributed by atoms with van der Waals surface area (Å²) in [5.74, 6) is -0.433. The summed E-state index contributed by atoms with van der Waals surface area (Å²) in [6, 6.07) is 1.57. The Morgan fingerprint density at radius 2 is 1.84 bits per heavy atom. The molecule has 0 bridgehead atoms. The number of nitrogens with one attached hydrogen (secondary N) is 1. The maximum Gasteiger partial charge on any atom is 0.241 e. The van der Waals surface area contributed by atoms with Crippen LogP contribution in [0.4, 0.5) is 13.2 Å². The van der Waals surface area contributed by atoms with Gasteiger partial charge in [0, 0.05) is 5.88 Å². The van der Waals surface area contributed by atoms with Gasteiger partial charge in [0.1, 0.15) is 0 Å². The number of halogens is 5. The number of carbonyl (C=O) groups excluding carboxylic acids is 1. The maximum absolute atomic E-state index is 13.1. The molecule has 0 saturated heterocycles. The molecule has 0 radical (unpaired) electrons. The van der Waals surface area contributed by atoms with Gasteiger partial charge in [-0.2, -0.15) is 0 Å². The summed E-state index contributed by atoms with van der Waals surface area (Å²) in [7, 11) is 0. The van der Waals surface area contributed by atoms with Gasteiger partial charge in [0.05, 0.1) is 5.92 Å². The van der Waals surface area contributed by atoms with Crippen LogP contribution in [0.15, 0.2) is 12.1 Å². The van der Waals surface area contributed by atoms with Crippen LogP contribution in [0.5, 0.6) is 0 Å². The summed E-state index contributed by atoms with van der Waals surface area (Å²) >= 11 is 5.50. The van der Waals surface area contributed by atoms with Gasteiger partial charge in [0.15, 0.2) is 17.5 Å². The molecule has 1 aromatic rings. The van der Waals surface area contributed by atoms with E-state index in [1.54, 1.807) is 0 Å². The summed E-state index contributed by atoms with van der Waals surface area (Å²) in [5, 5.41) is 0. The van der Waals surface area contributed by atoms with Gasteiger partial charge in [-0.15, -0.1) is 24.0 Å². The molecule has 3 nitrogen and oxygen atoms in total. The Kier molecular flexibility index (Phi) is 7.82. The van der Waals surface area contributed by atoms with E-state index in [1.165, 1.54) is 0 Å². The van der Waals surface area contributed by atoms with E-state index in [9.17, 15) is 18.0 Å². The highest BCUT2D eigenvalue weighted by Crippen LogP contribution is 2.25. The average Bonchev–Trinajstić information content (AvgIpc) is 2.35. The molecule has 0 saturated carbocycles. The number of amides is 1. The van der Waals surface area contributed by atoms with E-state index in [-0.39, 0.29) is 24.4 Å². The number of alkyl halides is 1. The monoisotopic (exact) mass is 316 g/mol. The average molecular weight is 317 g/mol. The number of hydrogen-bond donors (Lipinski definition) is 2. The Morgan fingerprint density at radius 1 is 1.32 bits per heavy atom. The molecule has 0 aliphatic rings. The molecule has 108 valence electrons. The van der Waals surface area contributed by atoms with E-state index < -0.39 is 29.3 Å². The van der Waals surface area contributed by atoms with E-state index >= 15 is 0 Å². The minimum atomic E-state index is -1.57. The third kappa shape index (κ3) is 4.56. The quantitative estimate of drug-likeness (QED) is 0.288. The van der Waals surface area contributed by atoms with Crippen molar-refractivity contribution in [3.05, 3.63) is 35.1 Å². The predicted molar refractivity (Wildman–Crippen MR) is 68.6 cm³/mol. The molecule has 0 aliphatic carbocycles.